The highest BCUT2D eigenvalue weighted by Gasteiger charge is 2.54. The molecule has 0 spiro atoms. The van der Waals surface area contributed by atoms with E-state index in [2.05, 4.69) is 0 Å². The number of benzene rings is 5. The maximum atomic E-state index is 13.2. The van der Waals surface area contributed by atoms with E-state index in [1.54, 1.807) is 0 Å². The Kier molecular flexibility index (Phi) is 14.4. The van der Waals surface area contributed by atoms with Crippen molar-refractivity contribution < 1.29 is 42.5 Å². The lowest BCUT2D eigenvalue weighted by molar-refractivity contribution is -0.289. The molecule has 2 heterocycles. The monoisotopic (exact) mass is 812 g/mol. The highest BCUT2D eigenvalue weighted by atomic mass is 16.7. The van der Waals surface area contributed by atoms with Crippen LogP contribution in [0.2, 0.25) is 0 Å². The Balaban J connectivity index is 1.29. The van der Waals surface area contributed by atoms with Crippen LogP contribution in [0.15, 0.2) is 140 Å². The maximum Gasteiger partial charge on any atom is 0.494 e. The molecule has 2 fully saturated rings. The van der Waals surface area contributed by atoms with Gasteiger partial charge in [0.05, 0.1) is 44.2 Å². The average molecular weight is 813 g/mol. The summed E-state index contributed by atoms with van der Waals surface area (Å²) in [4.78, 5) is 13.2. The summed E-state index contributed by atoms with van der Waals surface area (Å²) >= 11 is 0. The zero-order valence-electron chi connectivity index (χ0n) is 35.5. The van der Waals surface area contributed by atoms with E-state index in [1.165, 1.54) is 6.92 Å². The van der Waals surface area contributed by atoms with Crippen molar-refractivity contribution in [1.29, 1.82) is 0 Å². The molecule has 0 radical (unpaired) electrons. The Bertz CT molecular complexity index is 2080. The van der Waals surface area contributed by atoms with Crippen LogP contribution in [-0.4, -0.2) is 61.4 Å². The fraction of sp³-hybridized carbons (Fsp3) is 0.380. The van der Waals surface area contributed by atoms with E-state index in [0.717, 1.165) is 38.8 Å². The summed E-state index contributed by atoms with van der Waals surface area (Å²) in [6, 6.07) is 46.0. The van der Waals surface area contributed by atoms with Gasteiger partial charge in [-0.2, -0.15) is 0 Å². The van der Waals surface area contributed by atoms with Gasteiger partial charge in [-0.15, -0.1) is 0 Å². The summed E-state index contributed by atoms with van der Waals surface area (Å²) in [6.07, 6.45) is -4.50. The van der Waals surface area contributed by atoms with Crippen molar-refractivity contribution in [2.75, 3.05) is 6.61 Å². The molecule has 0 aromatic heterocycles. The minimum absolute atomic E-state index is 0.175. The molecule has 2 saturated heterocycles. The standard InChI is InChI=1S/C50H57BO9/c1-35-29-41(51-59-49(3,4)50(5,6)60-51)27-28-42(35)44(57-36(2)52)48-47(56-33-40-25-17-10-18-26-40)46(55-32-39-23-15-9-16-24-39)45(54-31-38-21-13-8-14-22-38)43(58-48)34-53-30-37-19-11-7-12-20-37/h7-29,43-48H,30-34H2,1-6H3/t43-,44-,45-,46+,47+,48-/m1/s1. The van der Waals surface area contributed by atoms with Gasteiger partial charge in [0.2, 0.25) is 0 Å². The second-order valence-corrected chi connectivity index (χ2v) is 16.7. The minimum Gasteiger partial charge on any atom is -0.455 e. The van der Waals surface area contributed by atoms with Gasteiger partial charge in [0.25, 0.3) is 0 Å². The molecule has 2 aliphatic rings. The van der Waals surface area contributed by atoms with Crippen molar-refractivity contribution in [3.8, 4) is 0 Å². The molecule has 9 nitrogen and oxygen atoms in total. The number of carbonyl (C=O) groups is 1. The summed E-state index contributed by atoms with van der Waals surface area (Å²) in [6.45, 7) is 12.9. The summed E-state index contributed by atoms with van der Waals surface area (Å²) < 4.78 is 53.6. The normalized spacial score (nSPS) is 22.6. The topological polar surface area (TPSA) is 90.9 Å². The second-order valence-electron chi connectivity index (χ2n) is 16.7. The number of rotatable bonds is 17. The molecule has 5 aromatic rings. The molecule has 2 aliphatic heterocycles. The molecule has 0 aliphatic carbocycles. The Morgan fingerprint density at radius 2 is 1.07 bits per heavy atom. The third-order valence-electron chi connectivity index (χ3n) is 11.6. The highest BCUT2D eigenvalue weighted by molar-refractivity contribution is 6.62. The number of ether oxygens (including phenoxy) is 6. The van der Waals surface area contributed by atoms with Crippen LogP contribution >= 0.6 is 0 Å². The fourth-order valence-corrected chi connectivity index (χ4v) is 7.70. The molecule has 0 amide bonds. The van der Waals surface area contributed by atoms with Gasteiger partial charge in [-0.25, -0.2) is 0 Å². The van der Waals surface area contributed by atoms with Gasteiger partial charge >= 0.3 is 13.1 Å². The molecule has 6 atom stereocenters. The Morgan fingerprint density at radius 1 is 0.617 bits per heavy atom. The molecule has 0 N–H and O–H groups in total. The molecule has 5 aromatic carbocycles. The van der Waals surface area contributed by atoms with Crippen LogP contribution in [-0.2, 0) is 69.0 Å². The zero-order valence-corrected chi connectivity index (χ0v) is 35.5. The lowest BCUT2D eigenvalue weighted by Crippen LogP contribution is -2.62. The second kappa shape index (κ2) is 19.8. The van der Waals surface area contributed by atoms with Crippen molar-refractivity contribution in [1.82, 2.24) is 0 Å². The van der Waals surface area contributed by atoms with E-state index >= 15 is 0 Å². The van der Waals surface area contributed by atoms with Crippen molar-refractivity contribution in [2.45, 2.75) is 116 Å². The van der Waals surface area contributed by atoms with Gasteiger partial charge < -0.3 is 37.7 Å². The van der Waals surface area contributed by atoms with Crippen LogP contribution in [0.3, 0.4) is 0 Å². The number of hydrogen-bond acceptors (Lipinski definition) is 9. The fourth-order valence-electron chi connectivity index (χ4n) is 7.70. The molecule has 0 bridgehead atoms. The van der Waals surface area contributed by atoms with Gasteiger partial charge in [0.1, 0.15) is 30.5 Å². The van der Waals surface area contributed by atoms with Crippen LogP contribution in [0.25, 0.3) is 0 Å². The number of carbonyl (C=O) groups excluding carboxylic acids is 1. The first-order chi connectivity index (χ1) is 29.0. The molecule has 0 saturated carbocycles. The molecule has 60 heavy (non-hydrogen) atoms. The third kappa shape index (κ3) is 10.8. The average Bonchev–Trinajstić information content (AvgIpc) is 3.47. The molecule has 10 heteroatoms. The van der Waals surface area contributed by atoms with Crippen LogP contribution in [0, 0.1) is 6.92 Å². The SMILES string of the molecule is CC(=O)O[C@H](c1ccc(B2OC(C)(C)C(C)(C)O2)cc1C)[C@H]1O[C@H](COCc2ccccc2)[C@@H](OCc2ccccc2)[C@H](OCc2ccccc2)[C@@H]1OCc1ccccc1. The van der Waals surface area contributed by atoms with Gasteiger partial charge in [0.15, 0.2) is 6.10 Å². The first-order valence-corrected chi connectivity index (χ1v) is 20.8. The van der Waals surface area contributed by atoms with Crippen LogP contribution in [0.1, 0.15) is 74.1 Å². The van der Waals surface area contributed by atoms with Gasteiger partial charge in [-0.3, -0.25) is 4.79 Å². The van der Waals surface area contributed by atoms with E-state index in [0.29, 0.717) is 13.2 Å². The maximum absolute atomic E-state index is 13.2. The smallest absolute Gasteiger partial charge is 0.455 e. The van der Waals surface area contributed by atoms with E-state index in [4.69, 9.17) is 37.7 Å². The Hall–Kier alpha value is -4.65. The highest BCUT2D eigenvalue weighted by Crippen LogP contribution is 2.40. The summed E-state index contributed by atoms with van der Waals surface area (Å²) in [5.74, 6) is -0.457. The van der Waals surface area contributed by atoms with E-state index in [9.17, 15) is 4.79 Å². The van der Waals surface area contributed by atoms with Gasteiger partial charge in [0, 0.05) is 6.92 Å². The molecule has 0 unspecified atom stereocenters. The summed E-state index contributed by atoms with van der Waals surface area (Å²) in [7, 11) is -0.563. The Labute approximate surface area is 355 Å². The van der Waals surface area contributed by atoms with Gasteiger partial charge in [-0.1, -0.05) is 140 Å². The first-order valence-electron chi connectivity index (χ1n) is 20.8. The minimum atomic E-state index is -0.898. The van der Waals surface area contributed by atoms with Crippen molar-refractivity contribution in [2.24, 2.45) is 0 Å². The molecule has 314 valence electrons. The largest absolute Gasteiger partial charge is 0.494 e. The summed E-state index contributed by atoms with van der Waals surface area (Å²) in [5, 5.41) is 0. The van der Waals surface area contributed by atoms with Crippen molar-refractivity contribution in [3.63, 3.8) is 0 Å². The van der Waals surface area contributed by atoms with E-state index in [1.807, 2.05) is 174 Å². The van der Waals surface area contributed by atoms with Crippen LogP contribution < -0.4 is 5.46 Å². The first kappa shape index (κ1) is 43.4. The number of esters is 1. The quantitative estimate of drug-likeness (QED) is 0.0677. The van der Waals surface area contributed by atoms with Crippen LogP contribution in [0.4, 0.5) is 0 Å². The molecular formula is C50H57BO9. The third-order valence-corrected chi connectivity index (χ3v) is 11.6. The van der Waals surface area contributed by atoms with Crippen molar-refractivity contribution in [3.05, 3.63) is 173 Å². The molecular weight excluding hydrogens is 755 g/mol. The molecule has 7 rings (SSSR count). The van der Waals surface area contributed by atoms with Gasteiger partial charge in [-0.05, 0) is 73.5 Å². The summed E-state index contributed by atoms with van der Waals surface area (Å²) in [5.41, 5.74) is 5.49. The van der Waals surface area contributed by atoms with E-state index < -0.39 is 60.9 Å². The predicted octanol–water partition coefficient (Wildman–Crippen LogP) is 8.64. The van der Waals surface area contributed by atoms with E-state index in [-0.39, 0.29) is 19.8 Å². The lowest BCUT2D eigenvalue weighted by atomic mass is 9.77. The van der Waals surface area contributed by atoms with Crippen molar-refractivity contribution >= 4 is 18.6 Å². The number of hydrogen-bond donors (Lipinski definition) is 0. The van der Waals surface area contributed by atoms with Crippen LogP contribution in [0.5, 0.6) is 0 Å². The predicted molar refractivity (Wildman–Crippen MR) is 231 cm³/mol. The number of aryl methyl sites for hydroxylation is 1. The lowest BCUT2D eigenvalue weighted by Gasteiger charge is -2.48. The zero-order chi connectivity index (χ0) is 42.1. The Morgan fingerprint density at radius 3 is 1.53 bits per heavy atom.